The van der Waals surface area contributed by atoms with Gasteiger partial charge in [-0.3, -0.25) is 4.79 Å². The van der Waals surface area contributed by atoms with Crippen molar-refractivity contribution in [2.45, 2.75) is 17.7 Å². The molecule has 0 spiro atoms. The molecule has 29 heavy (non-hydrogen) atoms. The first-order chi connectivity index (χ1) is 13.6. The summed E-state index contributed by atoms with van der Waals surface area (Å²) in [5, 5.41) is 2.42. The van der Waals surface area contributed by atoms with Gasteiger partial charge in [-0.25, -0.2) is 17.2 Å². The van der Waals surface area contributed by atoms with Crippen molar-refractivity contribution in [3.8, 4) is 0 Å². The van der Waals surface area contributed by atoms with E-state index in [0.29, 0.717) is 17.6 Å². The fourth-order valence-corrected chi connectivity index (χ4v) is 5.15. The normalized spacial score (nSPS) is 14.8. The third-order valence-corrected chi connectivity index (χ3v) is 7.19. The highest BCUT2D eigenvalue weighted by Crippen LogP contribution is 2.28. The Hall–Kier alpha value is -2.04. The van der Waals surface area contributed by atoms with Gasteiger partial charge in [0.1, 0.15) is 5.69 Å². The van der Waals surface area contributed by atoms with E-state index in [-0.39, 0.29) is 21.8 Å². The van der Waals surface area contributed by atoms with E-state index in [1.54, 1.807) is 0 Å². The lowest BCUT2D eigenvalue weighted by molar-refractivity contribution is 0.102. The van der Waals surface area contributed by atoms with Crippen molar-refractivity contribution < 1.29 is 22.0 Å². The van der Waals surface area contributed by atoms with Crippen LogP contribution in [0.25, 0.3) is 0 Å². The maximum atomic E-state index is 14.2. The molecular weight excluding hydrogens is 468 g/mol. The van der Waals surface area contributed by atoms with Crippen molar-refractivity contribution in [3.63, 3.8) is 0 Å². The number of halogens is 3. The van der Waals surface area contributed by atoms with E-state index >= 15 is 0 Å². The molecule has 0 aromatic heterocycles. The summed E-state index contributed by atoms with van der Waals surface area (Å²) in [6.45, 7) is 0.882. The number of sulfonamides is 1. The zero-order valence-electron chi connectivity index (χ0n) is 15.9. The number of carbonyl (C=O) groups excluding carboxylic acids is 1. The second-order valence-electron chi connectivity index (χ2n) is 6.89. The number of nitrogens with one attached hydrogen (secondary N) is 1. The third kappa shape index (κ3) is 4.44. The summed E-state index contributed by atoms with van der Waals surface area (Å²) in [5.74, 6) is -2.34. The molecule has 0 bridgehead atoms. The molecule has 3 rings (SSSR count). The van der Waals surface area contributed by atoms with Crippen molar-refractivity contribution >= 4 is 43.2 Å². The molecule has 1 N–H and O–H groups in total. The van der Waals surface area contributed by atoms with Gasteiger partial charge in [0.15, 0.2) is 11.6 Å². The molecule has 0 aliphatic carbocycles. The average molecular weight is 488 g/mol. The molecule has 2 aromatic carbocycles. The summed E-state index contributed by atoms with van der Waals surface area (Å²) in [4.78, 5) is 14.0. The van der Waals surface area contributed by atoms with Gasteiger partial charge in [-0.05, 0) is 59.1 Å². The molecule has 1 aliphatic rings. The first kappa shape index (κ1) is 21.7. The van der Waals surface area contributed by atoms with Crippen LogP contribution in [0, 0.1) is 11.6 Å². The summed E-state index contributed by atoms with van der Waals surface area (Å²) >= 11 is 3.23. The Morgan fingerprint density at radius 2 is 1.69 bits per heavy atom. The number of carbonyl (C=O) groups is 1. The predicted octanol–water partition coefficient (Wildman–Crippen LogP) is 3.83. The Morgan fingerprint density at radius 1 is 1.10 bits per heavy atom. The lowest BCUT2D eigenvalue weighted by Gasteiger charge is -2.17. The minimum Gasteiger partial charge on any atom is -0.373 e. The fraction of sp³-hybridized carbons (Fsp3) is 0.316. The number of benzene rings is 2. The second-order valence-corrected chi connectivity index (χ2v) is 9.68. The summed E-state index contributed by atoms with van der Waals surface area (Å²) in [6, 6.07) is 6.16. The summed E-state index contributed by atoms with van der Waals surface area (Å²) in [7, 11) is -0.700. The molecule has 0 radical (unpaired) electrons. The van der Waals surface area contributed by atoms with E-state index in [0.717, 1.165) is 25.0 Å². The molecule has 1 heterocycles. The lowest BCUT2D eigenvalue weighted by Crippen LogP contribution is -2.28. The zero-order valence-corrected chi connectivity index (χ0v) is 18.3. The molecule has 0 unspecified atom stereocenters. The van der Waals surface area contributed by atoms with E-state index in [2.05, 4.69) is 21.2 Å². The van der Waals surface area contributed by atoms with Crippen LogP contribution in [0.3, 0.4) is 0 Å². The number of nitrogens with zero attached hydrogens (tertiary/aromatic N) is 2. The fourth-order valence-electron chi connectivity index (χ4n) is 3.18. The predicted molar refractivity (Wildman–Crippen MR) is 111 cm³/mol. The van der Waals surface area contributed by atoms with Crippen LogP contribution in [0.4, 0.5) is 20.2 Å². The third-order valence-electron chi connectivity index (χ3n) is 4.61. The molecule has 2 aromatic rings. The van der Waals surface area contributed by atoms with Gasteiger partial charge in [-0.2, -0.15) is 4.31 Å². The van der Waals surface area contributed by atoms with Crippen LogP contribution in [0.5, 0.6) is 0 Å². The van der Waals surface area contributed by atoms with Gasteiger partial charge in [0.05, 0.1) is 10.5 Å². The van der Waals surface area contributed by atoms with E-state index in [9.17, 15) is 22.0 Å². The molecule has 1 aliphatic heterocycles. The molecule has 1 amide bonds. The Bertz CT molecular complexity index is 1030. The molecule has 156 valence electrons. The van der Waals surface area contributed by atoms with E-state index in [1.807, 2.05) is 0 Å². The lowest BCUT2D eigenvalue weighted by atomic mass is 10.2. The summed E-state index contributed by atoms with van der Waals surface area (Å²) in [6.07, 6.45) is 1.59. The van der Waals surface area contributed by atoms with Gasteiger partial charge < -0.3 is 10.2 Å². The van der Waals surface area contributed by atoms with Crippen molar-refractivity contribution in [3.05, 3.63) is 52.0 Å². The average Bonchev–Trinajstić information content (AvgIpc) is 3.16. The van der Waals surface area contributed by atoms with Crippen LogP contribution in [0.2, 0.25) is 0 Å². The smallest absolute Gasteiger partial charge is 0.256 e. The van der Waals surface area contributed by atoms with Crippen molar-refractivity contribution in [1.82, 2.24) is 4.31 Å². The van der Waals surface area contributed by atoms with Gasteiger partial charge in [-0.1, -0.05) is 0 Å². The molecule has 0 atom stereocenters. The van der Waals surface area contributed by atoms with Crippen LogP contribution in [-0.2, 0) is 10.0 Å². The standard InChI is InChI=1S/C19H20BrF2N3O3S/c1-24(2)18-16(21)9-12(10-17(18)22)23-19(26)14-11-13(5-6-15(14)20)29(27,28)25-7-3-4-8-25/h5-6,9-11H,3-4,7-8H2,1-2H3,(H,23,26). The van der Waals surface area contributed by atoms with Gasteiger partial charge in [0.2, 0.25) is 10.0 Å². The summed E-state index contributed by atoms with van der Waals surface area (Å²) in [5.41, 5.74) is -0.249. The van der Waals surface area contributed by atoms with Gasteiger partial charge in [0.25, 0.3) is 5.91 Å². The monoisotopic (exact) mass is 487 g/mol. The highest BCUT2D eigenvalue weighted by molar-refractivity contribution is 9.10. The molecule has 10 heteroatoms. The second kappa shape index (κ2) is 8.37. The Balaban J connectivity index is 1.90. The van der Waals surface area contributed by atoms with Crippen LogP contribution in [0.15, 0.2) is 39.7 Å². The highest BCUT2D eigenvalue weighted by atomic mass is 79.9. The van der Waals surface area contributed by atoms with Crippen LogP contribution < -0.4 is 10.2 Å². The van der Waals surface area contributed by atoms with E-state index in [1.165, 1.54) is 41.5 Å². The zero-order chi connectivity index (χ0) is 21.3. The topological polar surface area (TPSA) is 69.7 Å². The molecule has 1 saturated heterocycles. The quantitative estimate of drug-likeness (QED) is 0.695. The number of anilines is 2. The summed E-state index contributed by atoms with van der Waals surface area (Å²) < 4.78 is 55.5. The van der Waals surface area contributed by atoms with Gasteiger partial charge >= 0.3 is 0 Å². The van der Waals surface area contributed by atoms with Gasteiger partial charge in [-0.15, -0.1) is 0 Å². The maximum Gasteiger partial charge on any atom is 0.256 e. The molecule has 6 nitrogen and oxygen atoms in total. The van der Waals surface area contributed by atoms with E-state index in [4.69, 9.17) is 0 Å². The van der Waals surface area contributed by atoms with Crippen LogP contribution in [-0.4, -0.2) is 45.8 Å². The molecule has 1 fully saturated rings. The SMILES string of the molecule is CN(C)c1c(F)cc(NC(=O)c2cc(S(=O)(=O)N3CCCC3)ccc2Br)cc1F. The van der Waals surface area contributed by atoms with Crippen LogP contribution in [0.1, 0.15) is 23.2 Å². The van der Waals surface area contributed by atoms with Crippen molar-refractivity contribution in [2.24, 2.45) is 0 Å². The number of rotatable bonds is 5. The molecule has 0 saturated carbocycles. The minimum atomic E-state index is -3.71. The van der Waals surface area contributed by atoms with Crippen LogP contribution >= 0.6 is 15.9 Å². The molecular formula is C19H20BrF2N3O3S. The van der Waals surface area contributed by atoms with Gasteiger partial charge in [0, 0.05) is 37.3 Å². The van der Waals surface area contributed by atoms with E-state index < -0.39 is 27.6 Å². The van der Waals surface area contributed by atoms with Crippen molar-refractivity contribution in [1.29, 1.82) is 0 Å². The first-order valence-electron chi connectivity index (χ1n) is 8.88. The number of amides is 1. The Morgan fingerprint density at radius 3 is 2.24 bits per heavy atom. The largest absolute Gasteiger partial charge is 0.373 e. The minimum absolute atomic E-state index is 0.00642. The Kier molecular flexibility index (Phi) is 6.25. The van der Waals surface area contributed by atoms with Crippen molar-refractivity contribution in [2.75, 3.05) is 37.4 Å². The highest BCUT2D eigenvalue weighted by Gasteiger charge is 2.28. The maximum absolute atomic E-state index is 14.2. The first-order valence-corrected chi connectivity index (χ1v) is 11.1. The number of hydrogen-bond acceptors (Lipinski definition) is 4. The Labute approximate surface area is 176 Å². The number of hydrogen-bond donors (Lipinski definition) is 1.